The van der Waals surface area contributed by atoms with E-state index in [9.17, 15) is 18.8 Å². The molecule has 1 heterocycles. The summed E-state index contributed by atoms with van der Waals surface area (Å²) in [7, 11) is 0. The van der Waals surface area contributed by atoms with E-state index < -0.39 is 11.9 Å². The molecule has 5 nitrogen and oxygen atoms in total. The van der Waals surface area contributed by atoms with E-state index in [1.54, 1.807) is 17.0 Å². The molecule has 2 aromatic rings. The highest BCUT2D eigenvalue weighted by Gasteiger charge is 2.46. The quantitative estimate of drug-likeness (QED) is 0.318. The minimum Gasteiger partial charge on any atom is -0.323 e. The standard InChI is InChI=1S/C24H24FIN2O3/c25-17-9-7-16(8-10-17)23(30)27(19-5-3-1-2-4-6-19)21-15-22(29)28(24(21)31)20-13-11-18(26)12-14-20/h7-14,19,21H,1-6,15H2. The summed E-state index contributed by atoms with van der Waals surface area (Å²) in [6.07, 6.45) is 5.72. The first-order chi connectivity index (χ1) is 15.0. The summed E-state index contributed by atoms with van der Waals surface area (Å²) in [6, 6.07) is 11.6. The molecule has 2 aliphatic rings. The molecule has 4 rings (SSSR count). The fraction of sp³-hybridized carbons (Fsp3) is 0.375. The van der Waals surface area contributed by atoms with E-state index in [4.69, 9.17) is 0 Å². The number of halogens is 2. The molecule has 1 unspecified atom stereocenters. The van der Waals surface area contributed by atoms with Gasteiger partial charge in [-0.2, -0.15) is 0 Å². The number of hydrogen-bond donors (Lipinski definition) is 0. The zero-order valence-corrected chi connectivity index (χ0v) is 19.3. The van der Waals surface area contributed by atoms with E-state index in [1.165, 1.54) is 29.2 Å². The lowest BCUT2D eigenvalue weighted by Gasteiger charge is -2.35. The van der Waals surface area contributed by atoms with Gasteiger partial charge in [-0.15, -0.1) is 0 Å². The van der Waals surface area contributed by atoms with Crippen molar-refractivity contribution in [2.45, 2.75) is 57.0 Å². The van der Waals surface area contributed by atoms with Gasteiger partial charge in [0.2, 0.25) is 5.91 Å². The second-order valence-corrected chi connectivity index (χ2v) is 9.37. The molecule has 2 aromatic carbocycles. The van der Waals surface area contributed by atoms with Crippen LogP contribution in [0.5, 0.6) is 0 Å². The molecule has 7 heteroatoms. The van der Waals surface area contributed by atoms with E-state index in [2.05, 4.69) is 22.6 Å². The number of benzene rings is 2. The minimum absolute atomic E-state index is 0.0335. The average Bonchev–Trinajstić information content (AvgIpc) is 2.92. The highest BCUT2D eigenvalue weighted by Crippen LogP contribution is 2.32. The number of amides is 3. The molecule has 2 fully saturated rings. The maximum absolute atomic E-state index is 13.5. The van der Waals surface area contributed by atoms with Gasteiger partial charge < -0.3 is 4.90 Å². The summed E-state index contributed by atoms with van der Waals surface area (Å²) in [4.78, 5) is 42.6. The first kappa shape index (κ1) is 21.9. The maximum atomic E-state index is 13.5. The minimum atomic E-state index is -0.840. The average molecular weight is 534 g/mol. The number of nitrogens with zero attached hydrogens (tertiary/aromatic N) is 2. The summed E-state index contributed by atoms with van der Waals surface area (Å²) >= 11 is 2.17. The smallest absolute Gasteiger partial charge is 0.257 e. The summed E-state index contributed by atoms with van der Waals surface area (Å²) in [5.74, 6) is -1.41. The molecule has 1 saturated heterocycles. The lowest BCUT2D eigenvalue weighted by Crippen LogP contribution is -2.50. The van der Waals surface area contributed by atoms with Gasteiger partial charge in [-0.3, -0.25) is 14.4 Å². The highest BCUT2D eigenvalue weighted by atomic mass is 127. The number of imide groups is 1. The van der Waals surface area contributed by atoms with Gasteiger partial charge in [-0.05, 0) is 84.0 Å². The molecule has 0 N–H and O–H groups in total. The number of rotatable bonds is 4. The SMILES string of the molecule is O=C1CC(N(C(=O)c2ccc(F)cc2)C2CCCCCC2)C(=O)N1c1ccc(I)cc1. The van der Waals surface area contributed by atoms with Crippen LogP contribution in [-0.2, 0) is 9.59 Å². The third kappa shape index (κ3) is 4.66. The molecular formula is C24H24FIN2O3. The first-order valence-electron chi connectivity index (χ1n) is 10.7. The third-order valence-electron chi connectivity index (χ3n) is 6.09. The van der Waals surface area contributed by atoms with Crippen molar-refractivity contribution >= 4 is 46.0 Å². The molecule has 0 spiro atoms. The zero-order valence-electron chi connectivity index (χ0n) is 17.1. The van der Waals surface area contributed by atoms with Crippen molar-refractivity contribution in [2.24, 2.45) is 0 Å². The maximum Gasteiger partial charge on any atom is 0.257 e. The summed E-state index contributed by atoms with van der Waals surface area (Å²) < 4.78 is 14.4. The molecule has 31 heavy (non-hydrogen) atoms. The number of anilines is 1. The Morgan fingerprint density at radius 1 is 0.935 bits per heavy atom. The Morgan fingerprint density at radius 3 is 2.16 bits per heavy atom. The first-order valence-corrected chi connectivity index (χ1v) is 11.7. The van der Waals surface area contributed by atoms with E-state index in [1.807, 2.05) is 12.1 Å². The fourth-order valence-electron chi connectivity index (χ4n) is 4.53. The van der Waals surface area contributed by atoms with Gasteiger partial charge in [0.25, 0.3) is 11.8 Å². The van der Waals surface area contributed by atoms with Gasteiger partial charge in [-0.25, -0.2) is 9.29 Å². The van der Waals surface area contributed by atoms with Gasteiger partial charge in [0.15, 0.2) is 0 Å². The largest absolute Gasteiger partial charge is 0.323 e. The Bertz CT molecular complexity index is 969. The normalized spacial score (nSPS) is 20.1. The summed E-state index contributed by atoms with van der Waals surface area (Å²) in [5.41, 5.74) is 0.853. The van der Waals surface area contributed by atoms with Crippen molar-refractivity contribution < 1.29 is 18.8 Å². The van der Waals surface area contributed by atoms with Crippen LogP contribution < -0.4 is 4.90 Å². The molecule has 0 radical (unpaired) electrons. The van der Waals surface area contributed by atoms with Crippen molar-refractivity contribution in [1.29, 1.82) is 0 Å². The van der Waals surface area contributed by atoms with Crippen LogP contribution in [0.1, 0.15) is 55.3 Å². The molecule has 1 aliphatic heterocycles. The predicted octanol–water partition coefficient (Wildman–Crippen LogP) is 4.93. The number of carbonyl (C=O) groups excluding carboxylic acids is 3. The van der Waals surface area contributed by atoms with Crippen LogP contribution >= 0.6 is 22.6 Å². The third-order valence-corrected chi connectivity index (χ3v) is 6.81. The topological polar surface area (TPSA) is 57.7 Å². The zero-order chi connectivity index (χ0) is 22.0. The van der Waals surface area contributed by atoms with Gasteiger partial charge >= 0.3 is 0 Å². The van der Waals surface area contributed by atoms with Crippen LogP contribution in [-0.4, -0.2) is 34.7 Å². The monoisotopic (exact) mass is 534 g/mol. The van der Waals surface area contributed by atoms with Gasteiger partial charge in [0.1, 0.15) is 11.9 Å². The van der Waals surface area contributed by atoms with Crippen LogP contribution in [0.25, 0.3) is 0 Å². The molecule has 162 valence electrons. The lowest BCUT2D eigenvalue weighted by molar-refractivity contribution is -0.123. The van der Waals surface area contributed by atoms with Gasteiger partial charge in [-0.1, -0.05) is 25.7 Å². The van der Waals surface area contributed by atoms with Crippen LogP contribution in [0.4, 0.5) is 10.1 Å². The second kappa shape index (κ2) is 9.46. The van der Waals surface area contributed by atoms with E-state index in [0.29, 0.717) is 11.3 Å². The van der Waals surface area contributed by atoms with Crippen LogP contribution in [0.2, 0.25) is 0 Å². The Balaban J connectivity index is 1.68. The lowest BCUT2D eigenvalue weighted by atomic mass is 10.0. The Labute approximate surface area is 194 Å². The number of carbonyl (C=O) groups is 3. The van der Waals surface area contributed by atoms with Crippen molar-refractivity contribution in [3.8, 4) is 0 Å². The fourth-order valence-corrected chi connectivity index (χ4v) is 4.89. The Hall–Kier alpha value is -2.29. The van der Waals surface area contributed by atoms with Crippen molar-refractivity contribution in [1.82, 2.24) is 4.90 Å². The Kier molecular flexibility index (Phi) is 6.69. The molecule has 3 amide bonds. The van der Waals surface area contributed by atoms with E-state index in [-0.39, 0.29) is 30.2 Å². The summed E-state index contributed by atoms with van der Waals surface area (Å²) in [5, 5.41) is 0. The Morgan fingerprint density at radius 2 is 1.55 bits per heavy atom. The molecule has 0 aromatic heterocycles. The van der Waals surface area contributed by atoms with Gasteiger partial charge in [0, 0.05) is 15.2 Å². The van der Waals surface area contributed by atoms with Gasteiger partial charge in [0.05, 0.1) is 12.1 Å². The highest BCUT2D eigenvalue weighted by molar-refractivity contribution is 14.1. The van der Waals surface area contributed by atoms with E-state index >= 15 is 0 Å². The molecular weight excluding hydrogens is 510 g/mol. The second-order valence-electron chi connectivity index (χ2n) is 8.13. The van der Waals surface area contributed by atoms with Crippen LogP contribution in [0, 0.1) is 9.39 Å². The number of hydrogen-bond acceptors (Lipinski definition) is 3. The molecule has 1 saturated carbocycles. The summed E-state index contributed by atoms with van der Waals surface area (Å²) in [6.45, 7) is 0. The van der Waals surface area contributed by atoms with Crippen molar-refractivity contribution in [3.63, 3.8) is 0 Å². The molecule has 0 bridgehead atoms. The van der Waals surface area contributed by atoms with E-state index in [0.717, 1.165) is 42.1 Å². The van der Waals surface area contributed by atoms with Crippen LogP contribution in [0.3, 0.4) is 0 Å². The van der Waals surface area contributed by atoms with Crippen molar-refractivity contribution in [3.05, 3.63) is 63.5 Å². The predicted molar refractivity (Wildman–Crippen MR) is 124 cm³/mol. The van der Waals surface area contributed by atoms with Crippen LogP contribution in [0.15, 0.2) is 48.5 Å². The van der Waals surface area contributed by atoms with Crippen molar-refractivity contribution in [2.75, 3.05) is 4.90 Å². The molecule has 1 atom stereocenters. The molecule has 1 aliphatic carbocycles.